The molecule has 2 aromatic heterocycles. The summed E-state index contributed by atoms with van der Waals surface area (Å²) in [6.07, 6.45) is 3.40. The first-order valence-corrected chi connectivity index (χ1v) is 10.2. The summed E-state index contributed by atoms with van der Waals surface area (Å²) in [6.45, 7) is 4.03. The van der Waals surface area contributed by atoms with Crippen LogP contribution < -0.4 is 16.2 Å². The maximum absolute atomic E-state index is 13.0. The number of rotatable bonds is 3. The molecule has 0 fully saturated rings. The Labute approximate surface area is 185 Å². The summed E-state index contributed by atoms with van der Waals surface area (Å²) in [6, 6.07) is 19.1. The fourth-order valence-electron chi connectivity index (χ4n) is 3.32. The van der Waals surface area contributed by atoms with Crippen LogP contribution >= 0.6 is 12.2 Å². The first kappa shape index (κ1) is 20.4. The van der Waals surface area contributed by atoms with Crippen LogP contribution in [0.3, 0.4) is 0 Å². The molecule has 154 valence electrons. The Balaban J connectivity index is 1.55. The molecule has 4 aromatic rings. The van der Waals surface area contributed by atoms with Crippen LogP contribution in [0.2, 0.25) is 0 Å². The first-order chi connectivity index (χ1) is 15.0. The van der Waals surface area contributed by atoms with Crippen molar-refractivity contribution < 1.29 is 4.79 Å². The zero-order valence-corrected chi connectivity index (χ0v) is 18.0. The molecule has 0 aliphatic heterocycles. The van der Waals surface area contributed by atoms with Gasteiger partial charge in [0.05, 0.1) is 16.8 Å². The van der Waals surface area contributed by atoms with Gasteiger partial charge in [-0.1, -0.05) is 35.9 Å². The van der Waals surface area contributed by atoms with Crippen molar-refractivity contribution in [3.8, 4) is 11.3 Å². The van der Waals surface area contributed by atoms with Gasteiger partial charge in [-0.2, -0.15) is 0 Å². The van der Waals surface area contributed by atoms with Crippen LogP contribution in [0, 0.1) is 13.8 Å². The molecule has 0 saturated carbocycles. The molecular weight excluding hydrogens is 406 g/mol. The first-order valence-electron chi connectivity index (χ1n) is 9.76. The van der Waals surface area contributed by atoms with Crippen molar-refractivity contribution in [1.82, 2.24) is 20.8 Å². The van der Waals surface area contributed by atoms with E-state index in [1.54, 1.807) is 18.5 Å². The standard InChI is InChI=1S/C24H21N5OS/c1-15-7-8-20(16(2)13-15)27-24(31)29-28-23(30)19-14-22(17-9-11-25-12-10-17)26-21-6-4-3-5-18(19)21/h3-14H,1-2H3,(H,28,30)(H2,27,29,31). The average molecular weight is 428 g/mol. The number of nitrogens with one attached hydrogen (secondary N) is 3. The number of carbonyl (C=O) groups excluding carboxylic acids is 1. The Bertz CT molecular complexity index is 1270. The Morgan fingerprint density at radius 3 is 2.48 bits per heavy atom. The quantitative estimate of drug-likeness (QED) is 0.329. The fraction of sp³-hybridized carbons (Fsp3) is 0.0833. The van der Waals surface area contributed by atoms with Crippen LogP contribution in [-0.4, -0.2) is 21.0 Å². The molecule has 0 bridgehead atoms. The summed E-state index contributed by atoms with van der Waals surface area (Å²) in [5.74, 6) is -0.307. The van der Waals surface area contributed by atoms with Gasteiger partial charge in [-0.15, -0.1) is 0 Å². The van der Waals surface area contributed by atoms with E-state index in [4.69, 9.17) is 17.2 Å². The Kier molecular flexibility index (Phi) is 5.86. The minimum absolute atomic E-state index is 0.299. The summed E-state index contributed by atoms with van der Waals surface area (Å²) in [4.78, 5) is 21.7. The molecule has 0 aliphatic rings. The van der Waals surface area contributed by atoms with E-state index in [2.05, 4.69) is 27.2 Å². The van der Waals surface area contributed by atoms with Crippen LogP contribution in [0.25, 0.3) is 22.2 Å². The predicted octanol–water partition coefficient (Wildman–Crippen LogP) is 4.55. The maximum Gasteiger partial charge on any atom is 0.270 e. The summed E-state index contributed by atoms with van der Waals surface area (Å²) in [5, 5.41) is 4.16. The molecular formula is C24H21N5OS. The molecule has 0 saturated heterocycles. The third-order valence-corrected chi connectivity index (χ3v) is 5.06. The molecule has 31 heavy (non-hydrogen) atoms. The van der Waals surface area contributed by atoms with Gasteiger partial charge in [-0.05, 0) is 62.0 Å². The van der Waals surface area contributed by atoms with Gasteiger partial charge < -0.3 is 5.32 Å². The van der Waals surface area contributed by atoms with E-state index in [9.17, 15) is 4.79 Å². The number of nitrogens with zero attached hydrogens (tertiary/aromatic N) is 2. The highest BCUT2D eigenvalue weighted by molar-refractivity contribution is 7.80. The zero-order valence-electron chi connectivity index (χ0n) is 17.1. The minimum atomic E-state index is -0.307. The lowest BCUT2D eigenvalue weighted by Gasteiger charge is -2.15. The van der Waals surface area contributed by atoms with Crippen molar-refractivity contribution in [2.24, 2.45) is 0 Å². The fourth-order valence-corrected chi connectivity index (χ4v) is 3.48. The SMILES string of the molecule is Cc1ccc(NC(=S)NNC(=O)c2cc(-c3ccncc3)nc3ccccc23)c(C)c1. The molecule has 2 aromatic carbocycles. The van der Waals surface area contributed by atoms with E-state index in [1.807, 2.05) is 62.4 Å². The number of benzene rings is 2. The van der Waals surface area contributed by atoms with Gasteiger partial charge in [0.15, 0.2) is 5.11 Å². The molecule has 2 heterocycles. The highest BCUT2D eigenvalue weighted by Crippen LogP contribution is 2.24. The van der Waals surface area contributed by atoms with Crippen molar-refractivity contribution >= 4 is 39.8 Å². The van der Waals surface area contributed by atoms with Crippen molar-refractivity contribution in [1.29, 1.82) is 0 Å². The lowest BCUT2D eigenvalue weighted by Crippen LogP contribution is -2.43. The average Bonchev–Trinajstić information content (AvgIpc) is 2.79. The van der Waals surface area contributed by atoms with Crippen molar-refractivity contribution in [2.45, 2.75) is 13.8 Å². The Morgan fingerprint density at radius 1 is 0.935 bits per heavy atom. The smallest absolute Gasteiger partial charge is 0.270 e. The van der Waals surface area contributed by atoms with E-state index >= 15 is 0 Å². The largest absolute Gasteiger partial charge is 0.331 e. The zero-order chi connectivity index (χ0) is 21.8. The number of carbonyl (C=O) groups is 1. The lowest BCUT2D eigenvalue weighted by molar-refractivity contribution is 0.0946. The van der Waals surface area contributed by atoms with Crippen LogP contribution in [-0.2, 0) is 0 Å². The summed E-state index contributed by atoms with van der Waals surface area (Å²) in [7, 11) is 0. The lowest BCUT2D eigenvalue weighted by atomic mass is 10.0. The van der Waals surface area contributed by atoms with E-state index in [0.29, 0.717) is 16.4 Å². The van der Waals surface area contributed by atoms with Gasteiger partial charge in [-0.25, -0.2) is 4.98 Å². The van der Waals surface area contributed by atoms with Crippen LogP contribution in [0.15, 0.2) is 73.1 Å². The van der Waals surface area contributed by atoms with Gasteiger partial charge in [0.25, 0.3) is 5.91 Å². The summed E-state index contributed by atoms with van der Waals surface area (Å²) in [5.41, 5.74) is 11.4. The normalized spacial score (nSPS) is 10.5. The second kappa shape index (κ2) is 8.89. The summed E-state index contributed by atoms with van der Waals surface area (Å²) >= 11 is 5.34. The molecule has 0 aliphatic carbocycles. The van der Waals surface area contributed by atoms with Crippen molar-refractivity contribution in [3.63, 3.8) is 0 Å². The Morgan fingerprint density at radius 2 is 1.71 bits per heavy atom. The predicted molar refractivity (Wildman–Crippen MR) is 128 cm³/mol. The molecule has 7 heteroatoms. The van der Waals surface area contributed by atoms with Gasteiger partial charge in [0.1, 0.15) is 0 Å². The van der Waals surface area contributed by atoms with Crippen LogP contribution in [0.4, 0.5) is 5.69 Å². The van der Waals surface area contributed by atoms with Gasteiger partial charge in [-0.3, -0.25) is 20.6 Å². The van der Waals surface area contributed by atoms with Crippen LogP contribution in [0.1, 0.15) is 21.5 Å². The molecule has 3 N–H and O–H groups in total. The summed E-state index contributed by atoms with van der Waals surface area (Å²) < 4.78 is 0. The van der Waals surface area contributed by atoms with Gasteiger partial charge in [0, 0.05) is 29.0 Å². The number of anilines is 1. The topological polar surface area (TPSA) is 78.9 Å². The number of fused-ring (bicyclic) bond motifs is 1. The van der Waals surface area contributed by atoms with E-state index < -0.39 is 0 Å². The monoisotopic (exact) mass is 427 g/mol. The number of hydrazine groups is 1. The number of para-hydroxylation sites is 1. The molecule has 1 amide bonds. The molecule has 0 radical (unpaired) electrons. The number of thiocarbonyl (C=S) groups is 1. The molecule has 0 spiro atoms. The van der Waals surface area contributed by atoms with Gasteiger partial charge >= 0.3 is 0 Å². The Hall–Kier alpha value is -3.84. The number of aromatic nitrogens is 2. The number of hydrogen-bond acceptors (Lipinski definition) is 4. The molecule has 0 atom stereocenters. The second-order valence-corrected chi connectivity index (χ2v) is 7.57. The van der Waals surface area contributed by atoms with E-state index in [0.717, 1.165) is 27.7 Å². The second-order valence-electron chi connectivity index (χ2n) is 7.16. The number of pyridine rings is 2. The molecule has 0 unspecified atom stereocenters. The van der Waals surface area contributed by atoms with E-state index in [1.165, 1.54) is 5.56 Å². The van der Waals surface area contributed by atoms with E-state index in [-0.39, 0.29) is 5.91 Å². The maximum atomic E-state index is 13.0. The van der Waals surface area contributed by atoms with Crippen LogP contribution in [0.5, 0.6) is 0 Å². The third-order valence-electron chi connectivity index (χ3n) is 4.86. The van der Waals surface area contributed by atoms with Crippen molar-refractivity contribution in [3.05, 3.63) is 89.7 Å². The minimum Gasteiger partial charge on any atom is -0.331 e. The highest BCUT2D eigenvalue weighted by Gasteiger charge is 2.14. The van der Waals surface area contributed by atoms with Gasteiger partial charge in [0.2, 0.25) is 0 Å². The van der Waals surface area contributed by atoms with Crippen molar-refractivity contribution in [2.75, 3.05) is 5.32 Å². The molecule has 4 rings (SSSR count). The number of aryl methyl sites for hydroxylation is 2. The number of amides is 1. The third kappa shape index (κ3) is 4.67. The number of hydrogen-bond donors (Lipinski definition) is 3. The molecule has 6 nitrogen and oxygen atoms in total. The highest BCUT2D eigenvalue weighted by atomic mass is 32.1.